The monoisotopic (exact) mass is 458 g/mol. The number of anilines is 1. The number of aromatic nitrogens is 3. The fraction of sp³-hybridized carbons (Fsp3) is 0.261. The number of halogens is 3. The van der Waals surface area contributed by atoms with E-state index in [1.165, 1.54) is 24.3 Å². The zero-order chi connectivity index (χ0) is 23.9. The lowest BCUT2D eigenvalue weighted by molar-refractivity contribution is -0.299. The van der Waals surface area contributed by atoms with Crippen LogP contribution in [0.1, 0.15) is 12.1 Å². The van der Waals surface area contributed by atoms with Gasteiger partial charge in [-0.05, 0) is 13.3 Å². The lowest BCUT2D eigenvalue weighted by atomic mass is 9.66. The molecule has 1 amide bonds. The third kappa shape index (κ3) is 3.70. The Kier molecular flexibility index (Phi) is 5.59. The minimum Gasteiger partial charge on any atom is -0.393 e. The van der Waals surface area contributed by atoms with E-state index in [0.29, 0.717) is 17.0 Å². The first-order chi connectivity index (χ1) is 15.6. The quantitative estimate of drug-likeness (QED) is 0.544. The van der Waals surface area contributed by atoms with Crippen LogP contribution in [0.15, 0.2) is 66.8 Å². The molecule has 1 aliphatic rings. The molecule has 7 nitrogen and oxygen atoms in total. The molecule has 0 fully saturated rings. The minimum atomic E-state index is -5.27. The lowest BCUT2D eigenvalue weighted by Crippen LogP contribution is -2.64. The van der Waals surface area contributed by atoms with Crippen molar-refractivity contribution >= 4 is 17.4 Å². The third-order valence-corrected chi connectivity index (χ3v) is 5.77. The molecule has 3 aromatic rings. The summed E-state index contributed by atoms with van der Waals surface area (Å²) >= 11 is 0. The van der Waals surface area contributed by atoms with Gasteiger partial charge in [0.15, 0.2) is 5.65 Å². The van der Waals surface area contributed by atoms with E-state index in [9.17, 15) is 28.2 Å². The van der Waals surface area contributed by atoms with Crippen LogP contribution in [0.3, 0.4) is 0 Å². The number of carbonyl (C=O) groups excluding carboxylic acids is 1. The summed E-state index contributed by atoms with van der Waals surface area (Å²) in [5.74, 6) is -1.17. The molecule has 0 saturated carbocycles. The van der Waals surface area contributed by atoms with Gasteiger partial charge in [0.2, 0.25) is 11.5 Å². The van der Waals surface area contributed by atoms with Gasteiger partial charge in [0, 0.05) is 17.7 Å². The molecule has 0 bridgehead atoms. The van der Waals surface area contributed by atoms with Crippen molar-refractivity contribution in [3.05, 3.63) is 72.5 Å². The molecule has 0 spiro atoms. The molecular formula is C23H21F3N4O3. The SMILES string of the molecule is Cc1cc2nc(NC(=O)C3(C(O)(CO)C(F)(F)F)C=CC=CC3)cc(-c3ccccc3)n2n1. The van der Waals surface area contributed by atoms with Gasteiger partial charge in [-0.15, -0.1) is 0 Å². The standard InChI is InChI=1S/C23H21F3N4O3/c1-15-12-19-27-18(13-17(30(19)29-15)16-8-4-2-5-9-16)28-20(32)21(10-6-3-7-11-21)22(33,14-31)23(24,25)26/h2-10,12-13,31,33H,11,14H2,1H3,(H,27,28,32). The molecular weight excluding hydrogens is 437 g/mol. The van der Waals surface area contributed by atoms with E-state index in [1.54, 1.807) is 17.5 Å². The Balaban J connectivity index is 1.81. The van der Waals surface area contributed by atoms with Gasteiger partial charge in [-0.25, -0.2) is 9.50 Å². The highest BCUT2D eigenvalue weighted by Crippen LogP contribution is 2.49. The highest BCUT2D eigenvalue weighted by atomic mass is 19.4. The first kappa shape index (κ1) is 22.7. The number of fused-ring (bicyclic) bond motifs is 1. The van der Waals surface area contributed by atoms with Crippen LogP contribution in [0.5, 0.6) is 0 Å². The summed E-state index contributed by atoms with van der Waals surface area (Å²) in [4.78, 5) is 17.6. The Labute approximate surface area is 186 Å². The van der Waals surface area contributed by atoms with Crippen LogP contribution in [0.2, 0.25) is 0 Å². The molecule has 0 saturated heterocycles. The zero-order valence-electron chi connectivity index (χ0n) is 17.5. The normalized spacial score (nSPS) is 20.1. The average Bonchev–Trinajstić information content (AvgIpc) is 3.18. The lowest BCUT2D eigenvalue weighted by Gasteiger charge is -2.44. The summed E-state index contributed by atoms with van der Waals surface area (Å²) in [6.45, 7) is 0.0756. The predicted octanol–water partition coefficient (Wildman–Crippen LogP) is 3.43. The van der Waals surface area contributed by atoms with Gasteiger partial charge in [0.05, 0.1) is 18.0 Å². The topological polar surface area (TPSA) is 99.8 Å². The number of nitrogens with zero attached hydrogens (tertiary/aromatic N) is 3. The smallest absolute Gasteiger partial charge is 0.393 e. The van der Waals surface area contributed by atoms with Gasteiger partial charge < -0.3 is 15.5 Å². The van der Waals surface area contributed by atoms with E-state index in [0.717, 1.165) is 11.6 Å². The molecule has 172 valence electrons. The van der Waals surface area contributed by atoms with E-state index >= 15 is 0 Å². The molecule has 0 aliphatic heterocycles. The van der Waals surface area contributed by atoms with E-state index in [4.69, 9.17) is 0 Å². The van der Waals surface area contributed by atoms with Gasteiger partial charge >= 0.3 is 6.18 Å². The van der Waals surface area contributed by atoms with Crippen LogP contribution in [-0.4, -0.2) is 49.1 Å². The van der Waals surface area contributed by atoms with Gasteiger partial charge in [0.1, 0.15) is 11.2 Å². The van der Waals surface area contributed by atoms with E-state index in [-0.39, 0.29) is 5.82 Å². The molecule has 2 atom stereocenters. The molecule has 10 heteroatoms. The van der Waals surface area contributed by atoms with Crippen molar-refractivity contribution in [2.24, 2.45) is 5.41 Å². The Morgan fingerprint density at radius 2 is 1.94 bits per heavy atom. The molecule has 4 rings (SSSR count). The number of alkyl halides is 3. The van der Waals surface area contributed by atoms with Crippen molar-refractivity contribution in [2.45, 2.75) is 25.1 Å². The number of nitrogens with one attached hydrogen (secondary N) is 1. The summed E-state index contributed by atoms with van der Waals surface area (Å²) in [6.07, 6.45) is -0.743. The van der Waals surface area contributed by atoms with Gasteiger partial charge in [-0.1, -0.05) is 54.6 Å². The molecule has 2 unspecified atom stereocenters. The van der Waals surface area contributed by atoms with Crippen molar-refractivity contribution in [2.75, 3.05) is 11.9 Å². The second kappa shape index (κ2) is 8.13. The minimum absolute atomic E-state index is 0.0176. The van der Waals surface area contributed by atoms with Crippen LogP contribution in [0, 0.1) is 12.3 Å². The van der Waals surface area contributed by atoms with Crippen molar-refractivity contribution in [1.29, 1.82) is 0 Å². The van der Waals surface area contributed by atoms with E-state index in [2.05, 4.69) is 15.4 Å². The Morgan fingerprint density at radius 1 is 1.21 bits per heavy atom. The van der Waals surface area contributed by atoms with Crippen LogP contribution >= 0.6 is 0 Å². The summed E-state index contributed by atoms with van der Waals surface area (Å²) in [5, 5.41) is 26.9. The van der Waals surface area contributed by atoms with Crippen LogP contribution in [-0.2, 0) is 4.79 Å². The average molecular weight is 458 g/mol. The van der Waals surface area contributed by atoms with Gasteiger partial charge in [-0.2, -0.15) is 18.3 Å². The zero-order valence-corrected chi connectivity index (χ0v) is 17.5. The number of rotatable bonds is 5. The van der Waals surface area contributed by atoms with Crippen molar-refractivity contribution in [3.8, 4) is 11.3 Å². The molecule has 3 N–H and O–H groups in total. The molecule has 1 aromatic carbocycles. The second-order valence-corrected chi connectivity index (χ2v) is 7.88. The summed E-state index contributed by atoms with van der Waals surface area (Å²) in [6, 6.07) is 12.3. The van der Waals surface area contributed by atoms with Crippen molar-refractivity contribution < 1.29 is 28.2 Å². The number of benzene rings is 1. The first-order valence-corrected chi connectivity index (χ1v) is 10.1. The molecule has 33 heavy (non-hydrogen) atoms. The largest absolute Gasteiger partial charge is 0.420 e. The number of aryl methyl sites for hydroxylation is 1. The van der Waals surface area contributed by atoms with E-state index in [1.807, 2.05) is 30.3 Å². The first-order valence-electron chi connectivity index (χ1n) is 10.1. The number of amides is 1. The maximum atomic E-state index is 13.9. The van der Waals surface area contributed by atoms with Crippen LogP contribution < -0.4 is 5.32 Å². The van der Waals surface area contributed by atoms with Gasteiger partial charge in [0.25, 0.3) is 0 Å². The number of hydrogen-bond donors (Lipinski definition) is 3. The molecule has 2 heterocycles. The van der Waals surface area contributed by atoms with E-state index < -0.39 is 36.1 Å². The third-order valence-electron chi connectivity index (χ3n) is 5.77. The highest BCUT2D eigenvalue weighted by Gasteiger charge is 2.68. The van der Waals surface area contributed by atoms with Crippen LogP contribution in [0.4, 0.5) is 19.0 Å². The molecule has 1 aliphatic carbocycles. The Bertz CT molecular complexity index is 1250. The number of hydrogen-bond acceptors (Lipinski definition) is 5. The summed E-state index contributed by atoms with van der Waals surface area (Å²) < 4.78 is 43.1. The summed E-state index contributed by atoms with van der Waals surface area (Å²) in [5.41, 5.74) is -3.85. The Hall–Kier alpha value is -3.50. The number of carbonyl (C=O) groups is 1. The number of aliphatic hydroxyl groups is 2. The predicted molar refractivity (Wildman–Crippen MR) is 115 cm³/mol. The molecule has 0 radical (unpaired) electrons. The number of aliphatic hydroxyl groups excluding tert-OH is 1. The maximum Gasteiger partial charge on any atom is 0.420 e. The fourth-order valence-corrected chi connectivity index (χ4v) is 3.96. The fourth-order valence-electron chi connectivity index (χ4n) is 3.96. The molecule has 2 aromatic heterocycles. The maximum absolute atomic E-state index is 13.9. The second-order valence-electron chi connectivity index (χ2n) is 7.88. The van der Waals surface area contributed by atoms with Crippen molar-refractivity contribution in [3.63, 3.8) is 0 Å². The Morgan fingerprint density at radius 3 is 2.55 bits per heavy atom. The highest BCUT2D eigenvalue weighted by molar-refractivity contribution is 5.98. The van der Waals surface area contributed by atoms with Gasteiger partial charge in [-0.3, -0.25) is 4.79 Å². The number of allylic oxidation sites excluding steroid dienone is 3. The summed E-state index contributed by atoms with van der Waals surface area (Å²) in [7, 11) is 0. The van der Waals surface area contributed by atoms with Crippen LogP contribution in [0.25, 0.3) is 16.9 Å². The van der Waals surface area contributed by atoms with Crippen molar-refractivity contribution in [1.82, 2.24) is 14.6 Å².